The molecule has 7 nitrogen and oxygen atoms in total. The molecule has 0 aromatic rings. The summed E-state index contributed by atoms with van der Waals surface area (Å²) < 4.78 is 4.98. The Morgan fingerprint density at radius 1 is 1.11 bits per heavy atom. The third-order valence-corrected chi connectivity index (χ3v) is 2.69. The molecule has 106 valence electrons. The highest BCUT2D eigenvalue weighted by atomic mass is 16.6. The fourth-order valence-corrected chi connectivity index (χ4v) is 1.83. The summed E-state index contributed by atoms with van der Waals surface area (Å²) in [5.74, 6) is 0. The van der Waals surface area contributed by atoms with Gasteiger partial charge in [0.15, 0.2) is 0 Å². The molecule has 18 heavy (non-hydrogen) atoms. The lowest BCUT2D eigenvalue weighted by molar-refractivity contribution is -0.133. The van der Waals surface area contributed by atoms with Crippen LogP contribution in [0.4, 0.5) is 4.79 Å². The number of aliphatic hydroxyl groups is 4. The lowest BCUT2D eigenvalue weighted by atomic mass is 9.85. The van der Waals surface area contributed by atoms with E-state index in [1.54, 1.807) is 20.8 Å². The molecule has 0 saturated heterocycles. The molecule has 1 fully saturated rings. The minimum Gasteiger partial charge on any atom is -0.444 e. The van der Waals surface area contributed by atoms with Crippen LogP contribution in [0, 0.1) is 0 Å². The highest BCUT2D eigenvalue weighted by Crippen LogP contribution is 2.21. The smallest absolute Gasteiger partial charge is 0.408 e. The maximum absolute atomic E-state index is 11.5. The van der Waals surface area contributed by atoms with Crippen molar-refractivity contribution in [3.8, 4) is 0 Å². The second-order valence-electron chi connectivity index (χ2n) is 5.52. The average Bonchev–Trinajstić information content (AvgIpc) is 2.19. The highest BCUT2D eigenvalue weighted by Gasteiger charge is 2.43. The topological polar surface area (TPSA) is 119 Å². The van der Waals surface area contributed by atoms with Gasteiger partial charge in [-0.3, -0.25) is 0 Å². The van der Waals surface area contributed by atoms with Gasteiger partial charge in [0, 0.05) is 6.42 Å². The molecule has 5 atom stereocenters. The van der Waals surface area contributed by atoms with Gasteiger partial charge in [0.2, 0.25) is 0 Å². The fourth-order valence-electron chi connectivity index (χ4n) is 1.83. The first kappa shape index (κ1) is 15.2. The number of nitrogens with one attached hydrogen (secondary N) is 1. The molecule has 0 aliphatic heterocycles. The molecule has 0 radical (unpaired) electrons. The number of amides is 1. The van der Waals surface area contributed by atoms with Gasteiger partial charge < -0.3 is 30.5 Å². The number of carbonyl (C=O) groups excluding carboxylic acids is 1. The molecule has 0 aromatic carbocycles. The SMILES string of the molecule is CC(C)(C)OC(=O)N[C@H]1C(O)CC(O)C(O)C1O. The molecule has 1 aliphatic rings. The summed E-state index contributed by atoms with van der Waals surface area (Å²) in [4.78, 5) is 11.5. The zero-order valence-electron chi connectivity index (χ0n) is 10.7. The van der Waals surface area contributed by atoms with E-state index in [0.717, 1.165) is 0 Å². The average molecular weight is 263 g/mol. The summed E-state index contributed by atoms with van der Waals surface area (Å²) >= 11 is 0. The Balaban J connectivity index is 2.62. The van der Waals surface area contributed by atoms with E-state index in [9.17, 15) is 25.2 Å². The van der Waals surface area contributed by atoms with Gasteiger partial charge in [-0.05, 0) is 20.8 Å². The van der Waals surface area contributed by atoms with E-state index >= 15 is 0 Å². The number of aliphatic hydroxyl groups excluding tert-OH is 4. The van der Waals surface area contributed by atoms with Crippen molar-refractivity contribution in [3.05, 3.63) is 0 Å². The lowest BCUT2D eigenvalue weighted by Gasteiger charge is -2.39. The van der Waals surface area contributed by atoms with Crippen molar-refractivity contribution in [3.63, 3.8) is 0 Å². The predicted molar refractivity (Wildman–Crippen MR) is 61.8 cm³/mol. The number of rotatable bonds is 1. The van der Waals surface area contributed by atoms with Crippen molar-refractivity contribution in [1.82, 2.24) is 5.32 Å². The van der Waals surface area contributed by atoms with Crippen LogP contribution in [0.2, 0.25) is 0 Å². The van der Waals surface area contributed by atoms with Crippen LogP contribution in [0.1, 0.15) is 27.2 Å². The monoisotopic (exact) mass is 263 g/mol. The largest absolute Gasteiger partial charge is 0.444 e. The van der Waals surface area contributed by atoms with Crippen LogP contribution in [0.5, 0.6) is 0 Å². The Morgan fingerprint density at radius 3 is 2.17 bits per heavy atom. The summed E-state index contributed by atoms with van der Waals surface area (Å²) in [7, 11) is 0. The zero-order valence-corrected chi connectivity index (χ0v) is 10.7. The molecule has 0 aromatic heterocycles. The van der Waals surface area contributed by atoms with E-state index in [1.807, 2.05) is 0 Å². The second-order valence-corrected chi connectivity index (χ2v) is 5.52. The minimum atomic E-state index is -1.45. The van der Waals surface area contributed by atoms with Crippen LogP contribution < -0.4 is 5.32 Å². The second kappa shape index (κ2) is 5.40. The van der Waals surface area contributed by atoms with E-state index in [0.29, 0.717) is 0 Å². The Morgan fingerprint density at radius 2 is 1.67 bits per heavy atom. The van der Waals surface area contributed by atoms with E-state index in [2.05, 4.69) is 5.32 Å². The van der Waals surface area contributed by atoms with Crippen LogP contribution in [-0.4, -0.2) is 62.6 Å². The van der Waals surface area contributed by atoms with Gasteiger partial charge >= 0.3 is 6.09 Å². The highest BCUT2D eigenvalue weighted by molar-refractivity contribution is 5.68. The molecule has 1 saturated carbocycles. The standard InChI is InChI=1S/C11H21NO6/c1-11(2,3)18-10(17)12-7-5(13)4-6(14)8(15)9(7)16/h5-9,13-16H,4H2,1-3H3,(H,12,17)/t5?,6?,7-,8?,9?/m0/s1. The van der Waals surface area contributed by atoms with Gasteiger partial charge in [0.1, 0.15) is 17.8 Å². The number of hydrogen-bond donors (Lipinski definition) is 5. The molecule has 4 unspecified atom stereocenters. The maximum Gasteiger partial charge on any atom is 0.408 e. The number of hydrogen-bond acceptors (Lipinski definition) is 6. The zero-order chi connectivity index (χ0) is 14.1. The van der Waals surface area contributed by atoms with Crippen LogP contribution >= 0.6 is 0 Å². The van der Waals surface area contributed by atoms with Gasteiger partial charge in [0.05, 0.1) is 18.2 Å². The predicted octanol–water partition coefficient (Wildman–Crippen LogP) is -1.27. The first-order valence-corrected chi connectivity index (χ1v) is 5.83. The van der Waals surface area contributed by atoms with Crippen molar-refractivity contribution < 1.29 is 30.0 Å². The first-order chi connectivity index (χ1) is 8.11. The van der Waals surface area contributed by atoms with E-state index in [1.165, 1.54) is 0 Å². The Bertz CT molecular complexity index is 302. The maximum atomic E-state index is 11.5. The molecule has 0 bridgehead atoms. The Kier molecular flexibility index (Phi) is 4.55. The summed E-state index contributed by atoms with van der Waals surface area (Å²) in [5, 5.41) is 40.5. The Labute approximate surface area is 105 Å². The van der Waals surface area contributed by atoms with E-state index in [-0.39, 0.29) is 6.42 Å². The summed E-state index contributed by atoms with van der Waals surface area (Å²) in [6.45, 7) is 5.04. The Hall–Kier alpha value is -0.890. The summed E-state index contributed by atoms with van der Waals surface area (Å²) in [6, 6.07) is -1.07. The summed E-state index contributed by atoms with van der Waals surface area (Å²) in [5.41, 5.74) is -0.702. The van der Waals surface area contributed by atoms with Crippen molar-refractivity contribution in [2.45, 2.75) is 63.3 Å². The number of carbonyl (C=O) groups is 1. The van der Waals surface area contributed by atoms with Crippen molar-refractivity contribution >= 4 is 6.09 Å². The summed E-state index contributed by atoms with van der Waals surface area (Å²) in [6.07, 6.45) is -6.14. The lowest BCUT2D eigenvalue weighted by Crippen LogP contribution is -2.62. The minimum absolute atomic E-state index is 0.126. The van der Waals surface area contributed by atoms with Crippen LogP contribution in [0.25, 0.3) is 0 Å². The molecule has 0 heterocycles. The van der Waals surface area contributed by atoms with Gasteiger partial charge in [-0.2, -0.15) is 0 Å². The third kappa shape index (κ3) is 3.81. The van der Waals surface area contributed by atoms with E-state index in [4.69, 9.17) is 4.74 Å². The van der Waals surface area contributed by atoms with Crippen molar-refractivity contribution in [2.24, 2.45) is 0 Å². The third-order valence-electron chi connectivity index (χ3n) is 2.69. The molecule has 0 spiro atoms. The molecule has 5 N–H and O–H groups in total. The molecule has 1 rings (SSSR count). The molecular formula is C11H21NO6. The van der Waals surface area contributed by atoms with Crippen molar-refractivity contribution in [2.75, 3.05) is 0 Å². The number of ether oxygens (including phenoxy) is 1. The van der Waals surface area contributed by atoms with Crippen molar-refractivity contribution in [1.29, 1.82) is 0 Å². The normalized spacial score (nSPS) is 37.2. The number of alkyl carbamates (subject to hydrolysis) is 1. The van der Waals surface area contributed by atoms with Crippen LogP contribution in [-0.2, 0) is 4.74 Å². The quantitative estimate of drug-likeness (QED) is 0.402. The fraction of sp³-hybridized carbons (Fsp3) is 0.909. The van der Waals surface area contributed by atoms with Crippen LogP contribution in [0.15, 0.2) is 0 Å². The van der Waals surface area contributed by atoms with Gasteiger partial charge in [-0.25, -0.2) is 4.79 Å². The van der Waals surface area contributed by atoms with E-state index < -0.39 is 42.2 Å². The molecular weight excluding hydrogens is 242 g/mol. The first-order valence-electron chi connectivity index (χ1n) is 5.83. The van der Waals surface area contributed by atoms with Gasteiger partial charge in [-0.15, -0.1) is 0 Å². The molecule has 7 heteroatoms. The van der Waals surface area contributed by atoms with Gasteiger partial charge in [-0.1, -0.05) is 0 Å². The molecule has 1 amide bonds. The van der Waals surface area contributed by atoms with Crippen LogP contribution in [0.3, 0.4) is 0 Å². The molecule has 1 aliphatic carbocycles. The van der Waals surface area contributed by atoms with Gasteiger partial charge in [0.25, 0.3) is 0 Å².